The predicted octanol–water partition coefficient (Wildman–Crippen LogP) is 3.70. The number of alkyl halides is 3. The summed E-state index contributed by atoms with van der Waals surface area (Å²) in [6.45, 7) is 1.25. The smallest absolute Gasteiger partial charge is 0.392 e. The van der Waals surface area contributed by atoms with Gasteiger partial charge in [-0.05, 0) is 48.9 Å². The second-order valence-corrected chi connectivity index (χ2v) is 8.35. The Hall–Kier alpha value is -4.22. The zero-order chi connectivity index (χ0) is 27.0. The number of benzene rings is 3. The number of carbonyl (C=O) groups excluding carboxylic acids is 2. The first-order valence-corrected chi connectivity index (χ1v) is 11.2. The van der Waals surface area contributed by atoms with Crippen LogP contribution in [0.2, 0.25) is 0 Å². The van der Waals surface area contributed by atoms with Crippen LogP contribution in [0.4, 0.5) is 18.9 Å². The first-order valence-electron chi connectivity index (χ1n) is 11.2. The number of nitrogens with zero attached hydrogens (tertiary/aromatic N) is 2. The van der Waals surface area contributed by atoms with Crippen LogP contribution in [0.5, 0.6) is 0 Å². The third-order valence-electron chi connectivity index (χ3n) is 6.02. The highest BCUT2D eigenvalue weighted by Crippen LogP contribution is 2.44. The Morgan fingerprint density at radius 2 is 1.73 bits per heavy atom. The summed E-state index contributed by atoms with van der Waals surface area (Å²) in [5, 5.41) is 23.0. The maximum atomic E-state index is 14.4. The largest absolute Gasteiger partial charge is 0.428 e. The number of nitrogens with two attached hydrogens (primary N) is 1. The van der Waals surface area contributed by atoms with E-state index >= 15 is 0 Å². The summed E-state index contributed by atoms with van der Waals surface area (Å²) in [5.41, 5.74) is 2.73. The average Bonchev–Trinajstić information content (AvgIpc) is 3.25. The van der Waals surface area contributed by atoms with E-state index in [0.29, 0.717) is 11.3 Å². The van der Waals surface area contributed by atoms with Gasteiger partial charge in [0.25, 0.3) is 5.91 Å². The van der Waals surface area contributed by atoms with Crippen molar-refractivity contribution in [2.45, 2.75) is 31.9 Å². The van der Waals surface area contributed by atoms with Crippen molar-refractivity contribution in [2.75, 3.05) is 5.32 Å². The van der Waals surface area contributed by atoms with Gasteiger partial charge in [-0.1, -0.05) is 30.3 Å². The van der Waals surface area contributed by atoms with Crippen LogP contribution in [-0.2, 0) is 18.8 Å². The summed E-state index contributed by atoms with van der Waals surface area (Å²) >= 11 is 0. The third kappa shape index (κ3) is 4.66. The molecule has 0 bridgehead atoms. The van der Waals surface area contributed by atoms with Crippen molar-refractivity contribution in [3.05, 3.63) is 94.8 Å². The van der Waals surface area contributed by atoms with Crippen LogP contribution >= 0.6 is 0 Å². The number of hydrogen-bond acceptors (Lipinski definition) is 5. The van der Waals surface area contributed by atoms with E-state index < -0.39 is 35.0 Å². The van der Waals surface area contributed by atoms with E-state index in [4.69, 9.17) is 5.73 Å². The molecule has 3 aromatic carbocycles. The summed E-state index contributed by atoms with van der Waals surface area (Å²) in [4.78, 5) is 28.4. The van der Waals surface area contributed by atoms with Crippen LogP contribution in [0.15, 0.2) is 66.7 Å². The van der Waals surface area contributed by atoms with Crippen molar-refractivity contribution in [3.63, 3.8) is 0 Å². The molecule has 1 atom stereocenters. The molecule has 1 aromatic heterocycles. The molecule has 0 radical (unpaired) electrons. The molecule has 0 aliphatic rings. The molecule has 0 fully saturated rings. The van der Waals surface area contributed by atoms with E-state index in [2.05, 4.69) is 10.3 Å². The molecule has 0 spiro atoms. The number of fused-ring (bicyclic) bond motifs is 1. The Morgan fingerprint density at radius 3 is 2.32 bits per heavy atom. The molecule has 0 aliphatic heterocycles. The van der Waals surface area contributed by atoms with Gasteiger partial charge in [-0.25, -0.2) is 4.98 Å². The molecule has 8 nitrogen and oxygen atoms in total. The van der Waals surface area contributed by atoms with E-state index in [1.807, 2.05) is 0 Å². The molecule has 4 aromatic rings. The maximum Gasteiger partial charge on any atom is 0.428 e. The van der Waals surface area contributed by atoms with E-state index in [1.54, 1.807) is 19.1 Å². The monoisotopic (exact) mass is 512 g/mol. The summed E-state index contributed by atoms with van der Waals surface area (Å²) < 4.78 is 44.4. The molecule has 5 N–H and O–H groups in total. The van der Waals surface area contributed by atoms with Crippen molar-refractivity contribution < 1.29 is 33.0 Å². The number of halogens is 3. The molecule has 192 valence electrons. The van der Waals surface area contributed by atoms with Crippen molar-refractivity contribution >= 4 is 28.5 Å². The van der Waals surface area contributed by atoms with Gasteiger partial charge in [0, 0.05) is 28.9 Å². The Bertz CT molecular complexity index is 1480. The number of primary amides is 1. The molecule has 1 unspecified atom stereocenters. The van der Waals surface area contributed by atoms with Gasteiger partial charge in [0.1, 0.15) is 0 Å². The number of hydrogen-bond donors (Lipinski definition) is 4. The van der Waals surface area contributed by atoms with Crippen LogP contribution in [0, 0.1) is 0 Å². The second kappa shape index (κ2) is 9.68. The number of amides is 2. The van der Waals surface area contributed by atoms with Gasteiger partial charge in [0.2, 0.25) is 11.5 Å². The van der Waals surface area contributed by atoms with Crippen LogP contribution in [0.25, 0.3) is 11.0 Å². The minimum Gasteiger partial charge on any atom is -0.392 e. The number of aliphatic hydroxyl groups is 2. The van der Waals surface area contributed by atoms with E-state index in [-0.39, 0.29) is 35.3 Å². The molecule has 37 heavy (non-hydrogen) atoms. The SMILES string of the molecule is CCn1c(C(O)(c2ccc(CO)cc2)C(F)(F)F)nc2ccc(C(=O)Nc3cccc(C(N)=O)c3)cc21. The molecule has 0 saturated heterocycles. The first-order chi connectivity index (χ1) is 17.5. The fourth-order valence-corrected chi connectivity index (χ4v) is 4.08. The van der Waals surface area contributed by atoms with Crippen LogP contribution < -0.4 is 11.1 Å². The lowest BCUT2D eigenvalue weighted by molar-refractivity contribution is -0.252. The highest BCUT2D eigenvalue weighted by molar-refractivity contribution is 6.06. The van der Waals surface area contributed by atoms with Gasteiger partial charge >= 0.3 is 6.18 Å². The lowest BCUT2D eigenvalue weighted by Crippen LogP contribution is -2.45. The Balaban J connectivity index is 1.79. The molecule has 0 saturated carbocycles. The fraction of sp³-hybridized carbons (Fsp3) is 0.192. The molecular formula is C26H23F3N4O4. The summed E-state index contributed by atoms with van der Waals surface area (Å²) in [7, 11) is 0. The average molecular weight is 512 g/mol. The highest BCUT2D eigenvalue weighted by Gasteiger charge is 2.59. The number of aliphatic hydroxyl groups excluding tert-OH is 1. The number of aryl methyl sites for hydroxylation is 1. The van der Waals surface area contributed by atoms with E-state index in [0.717, 1.165) is 12.1 Å². The Labute approximate surface area is 209 Å². The lowest BCUT2D eigenvalue weighted by atomic mass is 9.91. The van der Waals surface area contributed by atoms with Crippen molar-refractivity contribution in [1.29, 1.82) is 0 Å². The topological polar surface area (TPSA) is 130 Å². The predicted molar refractivity (Wildman–Crippen MR) is 130 cm³/mol. The van der Waals surface area contributed by atoms with Gasteiger partial charge in [0.05, 0.1) is 17.6 Å². The van der Waals surface area contributed by atoms with Crippen molar-refractivity contribution in [3.8, 4) is 0 Å². The number of imidazole rings is 1. The minimum absolute atomic E-state index is 0.0185. The van der Waals surface area contributed by atoms with Gasteiger partial charge in [-0.2, -0.15) is 13.2 Å². The standard InChI is InChI=1S/C26H23F3N4O4/c1-2-33-21-13-17(23(36)31-19-5-3-4-16(12-19)22(30)35)8-11-20(21)32-24(33)25(37,26(27,28)29)18-9-6-15(14-34)7-10-18/h3-13,34,37H,2,14H2,1H3,(H2,30,35)(H,31,36). The zero-order valence-corrected chi connectivity index (χ0v) is 19.6. The summed E-state index contributed by atoms with van der Waals surface area (Å²) in [6, 6.07) is 14.9. The number of aromatic nitrogens is 2. The molecule has 11 heteroatoms. The first kappa shape index (κ1) is 25.9. The normalized spacial score (nSPS) is 13.4. The number of carbonyl (C=O) groups is 2. The quantitative estimate of drug-likeness (QED) is 0.300. The van der Waals surface area contributed by atoms with Crippen LogP contribution in [-0.4, -0.2) is 37.8 Å². The molecular weight excluding hydrogens is 489 g/mol. The molecule has 4 rings (SSSR count). The van der Waals surface area contributed by atoms with E-state index in [1.165, 1.54) is 47.0 Å². The van der Waals surface area contributed by atoms with Gasteiger partial charge in [0.15, 0.2) is 5.82 Å². The van der Waals surface area contributed by atoms with Gasteiger partial charge in [-0.15, -0.1) is 0 Å². The molecule has 1 heterocycles. The van der Waals surface area contributed by atoms with Crippen LogP contribution in [0.3, 0.4) is 0 Å². The Morgan fingerprint density at radius 1 is 1.03 bits per heavy atom. The Kier molecular flexibility index (Phi) is 6.76. The van der Waals surface area contributed by atoms with Crippen molar-refractivity contribution in [2.24, 2.45) is 5.73 Å². The summed E-state index contributed by atoms with van der Waals surface area (Å²) in [5.74, 6) is -1.89. The molecule has 0 aliphatic carbocycles. The number of anilines is 1. The van der Waals surface area contributed by atoms with Gasteiger partial charge < -0.3 is 25.8 Å². The highest BCUT2D eigenvalue weighted by atomic mass is 19.4. The molecule has 2 amide bonds. The van der Waals surface area contributed by atoms with E-state index in [9.17, 15) is 33.0 Å². The van der Waals surface area contributed by atoms with Crippen LogP contribution in [0.1, 0.15) is 44.6 Å². The minimum atomic E-state index is -5.13. The maximum absolute atomic E-state index is 14.4. The lowest BCUT2D eigenvalue weighted by Gasteiger charge is -2.31. The number of nitrogens with one attached hydrogen (secondary N) is 1. The summed E-state index contributed by atoms with van der Waals surface area (Å²) in [6.07, 6.45) is -5.13. The second-order valence-electron chi connectivity index (χ2n) is 8.35. The van der Waals surface area contributed by atoms with Gasteiger partial charge in [-0.3, -0.25) is 9.59 Å². The van der Waals surface area contributed by atoms with Crippen molar-refractivity contribution in [1.82, 2.24) is 9.55 Å². The fourth-order valence-electron chi connectivity index (χ4n) is 4.08. The zero-order valence-electron chi connectivity index (χ0n) is 19.6. The number of rotatable bonds is 7. The third-order valence-corrected chi connectivity index (χ3v) is 6.02.